The standard InChI is InChI=1S/C21H19N3O3S/c1-27-13-8-6-12(7-9-13)10-16(25)15(11-22)19-23-20(26)18-14-4-2-3-5-17(14)28-21(18)24-19/h6-9,15H,2-5,10H2,1H3,(H,23,24,26). The van der Waals surface area contributed by atoms with Gasteiger partial charge in [0.1, 0.15) is 16.4 Å². The van der Waals surface area contributed by atoms with Crippen molar-refractivity contribution in [3.8, 4) is 11.8 Å². The molecule has 1 N–H and O–H groups in total. The first-order valence-electron chi connectivity index (χ1n) is 9.20. The molecule has 7 heteroatoms. The number of ketones is 1. The van der Waals surface area contributed by atoms with Gasteiger partial charge in [-0.05, 0) is 48.9 Å². The normalized spacial score (nSPS) is 14.3. The predicted molar refractivity (Wildman–Crippen MR) is 107 cm³/mol. The fourth-order valence-electron chi connectivity index (χ4n) is 3.65. The topological polar surface area (TPSA) is 95.8 Å². The number of H-pyrrole nitrogens is 1. The number of Topliss-reactive ketones (excluding diaryl/α,β-unsaturated/α-hetero) is 1. The molecule has 2 heterocycles. The monoisotopic (exact) mass is 393 g/mol. The van der Waals surface area contributed by atoms with Gasteiger partial charge in [-0.25, -0.2) is 4.98 Å². The first-order chi connectivity index (χ1) is 13.6. The van der Waals surface area contributed by atoms with Crippen LogP contribution in [-0.4, -0.2) is 22.9 Å². The lowest BCUT2D eigenvalue weighted by Crippen LogP contribution is -2.21. The largest absolute Gasteiger partial charge is 0.497 e. The number of nitrogens with one attached hydrogen (secondary N) is 1. The maximum atomic E-state index is 12.7. The molecule has 0 fully saturated rings. The van der Waals surface area contributed by atoms with Crippen LogP contribution in [0.25, 0.3) is 10.2 Å². The lowest BCUT2D eigenvalue weighted by molar-refractivity contribution is -0.118. The van der Waals surface area contributed by atoms with Gasteiger partial charge < -0.3 is 9.72 Å². The SMILES string of the molecule is COc1ccc(CC(=O)C(C#N)c2nc3sc4c(c3c(=O)[nH]2)CCCC4)cc1. The fraction of sp³-hybridized carbons (Fsp3) is 0.333. The maximum absolute atomic E-state index is 12.7. The van der Waals surface area contributed by atoms with E-state index in [0.717, 1.165) is 36.8 Å². The van der Waals surface area contributed by atoms with Crippen LogP contribution in [0, 0.1) is 11.3 Å². The summed E-state index contributed by atoms with van der Waals surface area (Å²) in [5, 5.41) is 10.2. The molecule has 3 aromatic rings. The van der Waals surface area contributed by atoms with Gasteiger partial charge in [-0.1, -0.05) is 12.1 Å². The number of aryl methyl sites for hydroxylation is 2. The summed E-state index contributed by atoms with van der Waals surface area (Å²) in [5.41, 5.74) is 1.61. The number of hydrogen-bond acceptors (Lipinski definition) is 6. The van der Waals surface area contributed by atoms with Crippen LogP contribution >= 0.6 is 11.3 Å². The number of benzene rings is 1. The van der Waals surface area contributed by atoms with Crippen molar-refractivity contribution in [1.29, 1.82) is 5.26 Å². The zero-order valence-electron chi connectivity index (χ0n) is 15.4. The highest BCUT2D eigenvalue weighted by Gasteiger charge is 2.26. The highest BCUT2D eigenvalue weighted by atomic mass is 32.1. The van der Waals surface area contributed by atoms with E-state index in [9.17, 15) is 14.9 Å². The smallest absolute Gasteiger partial charge is 0.259 e. The first-order valence-corrected chi connectivity index (χ1v) is 10.0. The van der Waals surface area contributed by atoms with Crippen LogP contribution in [-0.2, 0) is 24.1 Å². The Hall–Kier alpha value is -2.98. The molecular weight excluding hydrogens is 374 g/mol. The van der Waals surface area contributed by atoms with Gasteiger partial charge in [0.15, 0.2) is 11.7 Å². The molecule has 0 saturated carbocycles. The van der Waals surface area contributed by atoms with E-state index in [-0.39, 0.29) is 23.6 Å². The van der Waals surface area contributed by atoms with Crippen LogP contribution in [0.15, 0.2) is 29.1 Å². The number of rotatable bonds is 5. The molecule has 0 saturated heterocycles. The third-order valence-electron chi connectivity index (χ3n) is 5.11. The maximum Gasteiger partial charge on any atom is 0.259 e. The molecule has 0 amide bonds. The third kappa shape index (κ3) is 3.32. The summed E-state index contributed by atoms with van der Waals surface area (Å²) in [6.07, 6.45) is 4.12. The minimum absolute atomic E-state index is 0.0882. The first kappa shape index (κ1) is 18.4. The summed E-state index contributed by atoms with van der Waals surface area (Å²) in [6, 6.07) is 9.13. The summed E-state index contributed by atoms with van der Waals surface area (Å²) in [7, 11) is 1.58. The molecule has 28 heavy (non-hydrogen) atoms. The molecule has 1 aliphatic rings. The Morgan fingerprint density at radius 2 is 2.07 bits per heavy atom. The minimum Gasteiger partial charge on any atom is -0.497 e. The Balaban J connectivity index is 1.65. The molecule has 1 aromatic carbocycles. The minimum atomic E-state index is -1.10. The van der Waals surface area contributed by atoms with Crippen molar-refractivity contribution in [1.82, 2.24) is 9.97 Å². The molecule has 142 valence electrons. The van der Waals surface area contributed by atoms with E-state index in [1.165, 1.54) is 16.2 Å². The van der Waals surface area contributed by atoms with Gasteiger partial charge in [0.25, 0.3) is 5.56 Å². The number of nitrogens with zero attached hydrogens (tertiary/aromatic N) is 2. The number of thiophene rings is 1. The molecule has 0 spiro atoms. The summed E-state index contributed by atoms with van der Waals surface area (Å²) in [4.78, 5) is 34.4. The molecule has 1 aliphatic carbocycles. The number of ether oxygens (including phenoxy) is 1. The van der Waals surface area contributed by atoms with E-state index < -0.39 is 5.92 Å². The molecule has 0 aliphatic heterocycles. The van der Waals surface area contributed by atoms with Crippen LogP contribution in [0.3, 0.4) is 0 Å². The molecule has 1 unspecified atom stereocenters. The average molecular weight is 393 g/mol. The number of aromatic nitrogens is 2. The highest BCUT2D eigenvalue weighted by molar-refractivity contribution is 7.18. The van der Waals surface area contributed by atoms with Crippen molar-refractivity contribution in [3.05, 3.63) is 56.4 Å². The number of fused-ring (bicyclic) bond motifs is 3. The number of methoxy groups -OCH3 is 1. The number of hydrogen-bond donors (Lipinski definition) is 1. The summed E-state index contributed by atoms with van der Waals surface area (Å²) >= 11 is 1.51. The number of carbonyl (C=O) groups is 1. The molecular formula is C21H19N3O3S. The second-order valence-corrected chi connectivity index (χ2v) is 7.98. The van der Waals surface area contributed by atoms with Crippen molar-refractivity contribution in [2.24, 2.45) is 0 Å². The predicted octanol–water partition coefficient (Wildman–Crippen LogP) is 3.29. The zero-order valence-corrected chi connectivity index (χ0v) is 16.3. The number of nitriles is 1. The van der Waals surface area contributed by atoms with E-state index in [1.807, 2.05) is 6.07 Å². The van der Waals surface area contributed by atoms with Crippen LogP contribution in [0.4, 0.5) is 0 Å². The van der Waals surface area contributed by atoms with E-state index in [2.05, 4.69) is 9.97 Å². The quantitative estimate of drug-likeness (QED) is 0.718. The second kappa shape index (κ2) is 7.56. The number of carbonyl (C=O) groups excluding carboxylic acids is 1. The van der Waals surface area contributed by atoms with Crippen molar-refractivity contribution in [2.45, 2.75) is 38.0 Å². The Kier molecular flexibility index (Phi) is 4.97. The summed E-state index contributed by atoms with van der Waals surface area (Å²) in [6.45, 7) is 0. The molecule has 2 aromatic heterocycles. The van der Waals surface area contributed by atoms with E-state index >= 15 is 0 Å². The van der Waals surface area contributed by atoms with Gasteiger partial charge >= 0.3 is 0 Å². The number of aromatic amines is 1. The van der Waals surface area contributed by atoms with Gasteiger partial charge in [0, 0.05) is 11.3 Å². The Labute approximate surface area is 165 Å². The van der Waals surface area contributed by atoms with Crippen LogP contribution in [0.1, 0.15) is 40.6 Å². The van der Waals surface area contributed by atoms with Crippen molar-refractivity contribution in [3.63, 3.8) is 0 Å². The molecule has 0 bridgehead atoms. The van der Waals surface area contributed by atoms with Crippen LogP contribution in [0.5, 0.6) is 5.75 Å². The molecule has 4 rings (SSSR count). The van der Waals surface area contributed by atoms with Gasteiger partial charge in [-0.2, -0.15) is 5.26 Å². The fourth-order valence-corrected chi connectivity index (χ4v) is 4.92. The van der Waals surface area contributed by atoms with Crippen molar-refractivity contribution < 1.29 is 9.53 Å². The zero-order chi connectivity index (χ0) is 19.7. The Morgan fingerprint density at radius 1 is 1.32 bits per heavy atom. The van der Waals surface area contributed by atoms with E-state index in [1.54, 1.807) is 31.4 Å². The third-order valence-corrected chi connectivity index (χ3v) is 6.29. The Morgan fingerprint density at radius 3 is 2.79 bits per heavy atom. The van der Waals surface area contributed by atoms with Crippen molar-refractivity contribution >= 4 is 27.3 Å². The summed E-state index contributed by atoms with van der Waals surface area (Å²) < 4.78 is 5.11. The van der Waals surface area contributed by atoms with Gasteiger partial charge in [0.05, 0.1) is 18.6 Å². The van der Waals surface area contributed by atoms with Gasteiger partial charge in [-0.15, -0.1) is 11.3 Å². The molecule has 0 radical (unpaired) electrons. The highest BCUT2D eigenvalue weighted by Crippen LogP contribution is 2.34. The second-order valence-electron chi connectivity index (χ2n) is 6.90. The van der Waals surface area contributed by atoms with Crippen molar-refractivity contribution in [2.75, 3.05) is 7.11 Å². The average Bonchev–Trinajstić information content (AvgIpc) is 3.08. The molecule has 1 atom stereocenters. The van der Waals surface area contributed by atoms with E-state index in [0.29, 0.717) is 16.0 Å². The summed E-state index contributed by atoms with van der Waals surface area (Å²) in [5.74, 6) is -0.557. The van der Waals surface area contributed by atoms with Gasteiger partial charge in [0.2, 0.25) is 0 Å². The van der Waals surface area contributed by atoms with Crippen LogP contribution < -0.4 is 10.3 Å². The molecule has 6 nitrogen and oxygen atoms in total. The lowest BCUT2D eigenvalue weighted by atomic mass is 9.96. The van der Waals surface area contributed by atoms with E-state index in [4.69, 9.17) is 4.74 Å². The van der Waals surface area contributed by atoms with Crippen LogP contribution in [0.2, 0.25) is 0 Å². The van der Waals surface area contributed by atoms with Gasteiger partial charge in [-0.3, -0.25) is 9.59 Å². The lowest BCUT2D eigenvalue weighted by Gasteiger charge is -2.10. The Bertz CT molecular complexity index is 1140.